The SMILES string of the molecule is CC1CN(Cc2ccc(N)cc2Br)CCO1. The van der Waals surface area contributed by atoms with E-state index in [1.165, 1.54) is 5.56 Å². The number of morpholine rings is 1. The number of anilines is 1. The molecule has 0 aliphatic carbocycles. The molecular weight excluding hydrogens is 268 g/mol. The van der Waals surface area contributed by atoms with Crippen LogP contribution < -0.4 is 5.73 Å². The fourth-order valence-corrected chi connectivity index (χ4v) is 2.49. The predicted octanol–water partition coefficient (Wildman–Crippen LogP) is 2.25. The van der Waals surface area contributed by atoms with Crippen molar-refractivity contribution in [3.63, 3.8) is 0 Å². The van der Waals surface area contributed by atoms with Gasteiger partial charge in [-0.2, -0.15) is 0 Å². The Bertz CT molecular complexity index is 370. The standard InChI is InChI=1S/C12H17BrN2O/c1-9-7-15(4-5-16-9)8-10-2-3-11(14)6-12(10)13/h2-3,6,9H,4-5,7-8,14H2,1H3. The summed E-state index contributed by atoms with van der Waals surface area (Å²) in [5.74, 6) is 0. The van der Waals surface area contributed by atoms with Gasteiger partial charge >= 0.3 is 0 Å². The molecule has 1 fully saturated rings. The predicted molar refractivity (Wildman–Crippen MR) is 69.2 cm³/mol. The summed E-state index contributed by atoms with van der Waals surface area (Å²) in [6, 6.07) is 5.99. The fourth-order valence-electron chi connectivity index (χ4n) is 1.97. The van der Waals surface area contributed by atoms with Crippen molar-refractivity contribution in [2.24, 2.45) is 0 Å². The molecule has 3 nitrogen and oxygen atoms in total. The van der Waals surface area contributed by atoms with E-state index in [9.17, 15) is 0 Å². The largest absolute Gasteiger partial charge is 0.399 e. The third-order valence-electron chi connectivity index (χ3n) is 2.80. The van der Waals surface area contributed by atoms with Crippen LogP contribution in [0.2, 0.25) is 0 Å². The maximum absolute atomic E-state index is 5.72. The maximum Gasteiger partial charge on any atom is 0.0674 e. The molecule has 0 bridgehead atoms. The van der Waals surface area contributed by atoms with Crippen LogP contribution in [-0.2, 0) is 11.3 Å². The van der Waals surface area contributed by atoms with Crippen LogP contribution in [0, 0.1) is 0 Å². The van der Waals surface area contributed by atoms with Crippen LogP contribution in [0.1, 0.15) is 12.5 Å². The highest BCUT2D eigenvalue weighted by atomic mass is 79.9. The first kappa shape index (κ1) is 11.9. The van der Waals surface area contributed by atoms with Crippen LogP contribution in [0.4, 0.5) is 5.69 Å². The lowest BCUT2D eigenvalue weighted by molar-refractivity contribution is -0.0212. The fraction of sp³-hybridized carbons (Fsp3) is 0.500. The molecule has 1 saturated heterocycles. The quantitative estimate of drug-likeness (QED) is 0.847. The van der Waals surface area contributed by atoms with Crippen molar-refractivity contribution in [3.8, 4) is 0 Å². The van der Waals surface area contributed by atoms with Gasteiger partial charge in [0.2, 0.25) is 0 Å². The molecule has 0 saturated carbocycles. The molecule has 0 amide bonds. The Hall–Kier alpha value is -0.580. The average molecular weight is 285 g/mol. The van der Waals surface area contributed by atoms with E-state index in [0.717, 1.165) is 36.4 Å². The topological polar surface area (TPSA) is 38.5 Å². The second kappa shape index (κ2) is 5.17. The number of nitrogens with zero attached hydrogens (tertiary/aromatic N) is 1. The smallest absolute Gasteiger partial charge is 0.0674 e. The van der Waals surface area contributed by atoms with Crippen molar-refractivity contribution < 1.29 is 4.74 Å². The van der Waals surface area contributed by atoms with Crippen LogP contribution in [0.15, 0.2) is 22.7 Å². The summed E-state index contributed by atoms with van der Waals surface area (Å²) in [5.41, 5.74) is 7.80. The molecule has 1 aliphatic heterocycles. The molecule has 4 heteroatoms. The third-order valence-corrected chi connectivity index (χ3v) is 3.53. The first-order valence-corrected chi connectivity index (χ1v) is 6.32. The Morgan fingerprint density at radius 1 is 1.56 bits per heavy atom. The van der Waals surface area contributed by atoms with Crippen LogP contribution in [0.5, 0.6) is 0 Å². The minimum absolute atomic E-state index is 0.335. The Balaban J connectivity index is 2.02. The van der Waals surface area contributed by atoms with Crippen LogP contribution in [-0.4, -0.2) is 30.7 Å². The van der Waals surface area contributed by atoms with E-state index in [-0.39, 0.29) is 0 Å². The Labute approximate surface area is 105 Å². The van der Waals surface area contributed by atoms with Gasteiger partial charge in [-0.15, -0.1) is 0 Å². The molecule has 88 valence electrons. The monoisotopic (exact) mass is 284 g/mol. The van der Waals surface area contributed by atoms with Gasteiger partial charge in [-0.1, -0.05) is 22.0 Å². The highest BCUT2D eigenvalue weighted by Crippen LogP contribution is 2.22. The zero-order valence-electron chi connectivity index (χ0n) is 9.45. The molecule has 1 unspecified atom stereocenters. The zero-order valence-corrected chi connectivity index (χ0v) is 11.0. The Morgan fingerprint density at radius 2 is 2.38 bits per heavy atom. The van der Waals surface area contributed by atoms with Crippen LogP contribution in [0.3, 0.4) is 0 Å². The number of nitrogen functional groups attached to an aromatic ring is 1. The number of rotatable bonds is 2. The van der Waals surface area contributed by atoms with Crippen molar-refractivity contribution in [2.75, 3.05) is 25.4 Å². The molecule has 0 radical (unpaired) electrons. The molecule has 2 N–H and O–H groups in total. The summed E-state index contributed by atoms with van der Waals surface area (Å²) < 4.78 is 6.61. The first-order valence-electron chi connectivity index (χ1n) is 5.53. The van der Waals surface area contributed by atoms with E-state index in [1.54, 1.807) is 0 Å². The van der Waals surface area contributed by atoms with Crippen molar-refractivity contribution in [2.45, 2.75) is 19.6 Å². The Morgan fingerprint density at radius 3 is 3.06 bits per heavy atom. The Kier molecular flexibility index (Phi) is 3.84. The summed E-state index contributed by atoms with van der Waals surface area (Å²) in [4.78, 5) is 2.41. The summed E-state index contributed by atoms with van der Waals surface area (Å²) >= 11 is 3.55. The van der Waals surface area contributed by atoms with Gasteiger partial charge < -0.3 is 10.5 Å². The summed E-state index contributed by atoms with van der Waals surface area (Å²) in [7, 11) is 0. The van der Waals surface area contributed by atoms with E-state index in [0.29, 0.717) is 6.10 Å². The lowest BCUT2D eigenvalue weighted by Gasteiger charge is -2.31. The van der Waals surface area contributed by atoms with Crippen LogP contribution in [0.25, 0.3) is 0 Å². The van der Waals surface area contributed by atoms with E-state index < -0.39 is 0 Å². The number of halogens is 1. The number of ether oxygens (including phenoxy) is 1. The van der Waals surface area contributed by atoms with Gasteiger partial charge in [0.1, 0.15) is 0 Å². The molecule has 2 rings (SSSR count). The summed E-state index contributed by atoms with van der Waals surface area (Å²) in [6.07, 6.45) is 0.335. The first-order chi connectivity index (χ1) is 7.65. The lowest BCUT2D eigenvalue weighted by Crippen LogP contribution is -2.40. The normalized spacial score (nSPS) is 22.2. The van der Waals surface area contributed by atoms with E-state index in [2.05, 4.69) is 33.8 Å². The van der Waals surface area contributed by atoms with Crippen molar-refractivity contribution in [1.29, 1.82) is 0 Å². The zero-order chi connectivity index (χ0) is 11.5. The van der Waals surface area contributed by atoms with Crippen LogP contribution >= 0.6 is 15.9 Å². The van der Waals surface area contributed by atoms with E-state index in [1.807, 2.05) is 12.1 Å². The molecule has 1 aromatic rings. The molecule has 1 atom stereocenters. The highest BCUT2D eigenvalue weighted by molar-refractivity contribution is 9.10. The molecule has 16 heavy (non-hydrogen) atoms. The van der Waals surface area contributed by atoms with Crippen molar-refractivity contribution in [1.82, 2.24) is 4.90 Å². The molecular formula is C12H17BrN2O. The summed E-state index contributed by atoms with van der Waals surface area (Å²) in [5, 5.41) is 0. The molecule has 1 aliphatic rings. The second-order valence-corrected chi connectivity index (χ2v) is 5.12. The van der Waals surface area contributed by atoms with Gasteiger partial charge in [0.25, 0.3) is 0 Å². The van der Waals surface area contributed by atoms with Gasteiger partial charge in [0, 0.05) is 29.8 Å². The number of hydrogen-bond acceptors (Lipinski definition) is 3. The maximum atomic E-state index is 5.72. The molecule has 0 aromatic heterocycles. The van der Waals surface area contributed by atoms with E-state index >= 15 is 0 Å². The van der Waals surface area contributed by atoms with Gasteiger partial charge in [-0.3, -0.25) is 4.90 Å². The average Bonchev–Trinajstić information content (AvgIpc) is 2.22. The summed E-state index contributed by atoms with van der Waals surface area (Å²) in [6.45, 7) is 5.89. The minimum Gasteiger partial charge on any atom is -0.399 e. The third kappa shape index (κ3) is 2.97. The van der Waals surface area contributed by atoms with E-state index in [4.69, 9.17) is 10.5 Å². The van der Waals surface area contributed by atoms with Gasteiger partial charge in [-0.05, 0) is 24.6 Å². The molecule has 1 heterocycles. The lowest BCUT2D eigenvalue weighted by atomic mass is 10.2. The second-order valence-electron chi connectivity index (χ2n) is 4.27. The van der Waals surface area contributed by atoms with Gasteiger partial charge in [0.05, 0.1) is 12.7 Å². The van der Waals surface area contributed by atoms with Crippen molar-refractivity contribution >= 4 is 21.6 Å². The molecule has 1 aromatic carbocycles. The highest BCUT2D eigenvalue weighted by Gasteiger charge is 2.17. The molecule has 0 spiro atoms. The minimum atomic E-state index is 0.335. The van der Waals surface area contributed by atoms with Crippen molar-refractivity contribution in [3.05, 3.63) is 28.2 Å². The number of hydrogen-bond donors (Lipinski definition) is 1. The van der Waals surface area contributed by atoms with Gasteiger partial charge in [0.15, 0.2) is 0 Å². The number of benzene rings is 1. The van der Waals surface area contributed by atoms with Gasteiger partial charge in [-0.25, -0.2) is 0 Å². The number of nitrogens with two attached hydrogens (primary N) is 1.